The molecule has 0 fully saturated rings. The lowest BCUT2D eigenvalue weighted by molar-refractivity contribution is 0.0600. The molecule has 0 atom stereocenters. The first kappa shape index (κ1) is 16.0. The zero-order valence-corrected chi connectivity index (χ0v) is 13.4. The van der Waals surface area contributed by atoms with Crippen LogP contribution in [0.2, 0.25) is 0 Å². The second kappa shape index (κ2) is 6.19. The molecule has 0 aliphatic heterocycles. The highest BCUT2D eigenvalue weighted by Crippen LogP contribution is 2.20. The van der Waals surface area contributed by atoms with Gasteiger partial charge in [-0.3, -0.25) is 4.72 Å². The van der Waals surface area contributed by atoms with Crippen LogP contribution in [0.4, 0.5) is 5.69 Å². The molecule has 0 bridgehead atoms. The van der Waals surface area contributed by atoms with Crippen LogP contribution in [0.5, 0.6) is 0 Å². The second-order valence-corrected chi connectivity index (χ2v) is 6.68. The summed E-state index contributed by atoms with van der Waals surface area (Å²) in [5.74, 6) is -0.514. The van der Waals surface area contributed by atoms with Crippen LogP contribution in [0.15, 0.2) is 47.4 Å². The lowest BCUT2D eigenvalue weighted by Gasteiger charge is -2.10. The number of carbonyl (C=O) groups excluding carboxylic acids is 1. The van der Waals surface area contributed by atoms with Crippen molar-refractivity contribution in [3.05, 3.63) is 59.2 Å². The summed E-state index contributed by atoms with van der Waals surface area (Å²) in [6.07, 6.45) is 0. The number of ether oxygens (including phenoxy) is 1. The van der Waals surface area contributed by atoms with Gasteiger partial charge in [0.2, 0.25) is 0 Å². The van der Waals surface area contributed by atoms with Gasteiger partial charge in [-0.1, -0.05) is 17.7 Å². The molecule has 2 rings (SSSR count). The Balaban J connectivity index is 2.35. The standard InChI is InChI=1S/C16H17NO4S/c1-11-4-6-15(7-5-11)22(19,20)17-14-9-12(2)8-13(10-14)16(18)21-3/h4-10,17H,1-3H3. The van der Waals surface area contributed by atoms with Crippen molar-refractivity contribution in [3.8, 4) is 0 Å². The van der Waals surface area contributed by atoms with Gasteiger partial charge in [-0.2, -0.15) is 0 Å². The van der Waals surface area contributed by atoms with Gasteiger partial charge in [-0.15, -0.1) is 0 Å². The molecule has 0 spiro atoms. The number of nitrogens with one attached hydrogen (secondary N) is 1. The summed E-state index contributed by atoms with van der Waals surface area (Å²) in [5.41, 5.74) is 2.34. The molecule has 0 aliphatic rings. The molecule has 0 saturated carbocycles. The Morgan fingerprint density at radius 1 is 1.00 bits per heavy atom. The van der Waals surface area contributed by atoms with Crippen LogP contribution < -0.4 is 4.72 Å². The molecule has 0 aromatic heterocycles. The molecule has 0 heterocycles. The lowest BCUT2D eigenvalue weighted by atomic mass is 10.1. The summed E-state index contributed by atoms with van der Waals surface area (Å²) < 4.78 is 31.8. The van der Waals surface area contributed by atoms with E-state index in [1.165, 1.54) is 25.3 Å². The summed E-state index contributed by atoms with van der Waals surface area (Å²) in [7, 11) is -2.42. The highest BCUT2D eigenvalue weighted by Gasteiger charge is 2.15. The first-order valence-corrected chi connectivity index (χ1v) is 8.09. The van der Waals surface area contributed by atoms with Crippen LogP contribution in [-0.2, 0) is 14.8 Å². The Labute approximate surface area is 130 Å². The van der Waals surface area contributed by atoms with Crippen LogP contribution in [0.3, 0.4) is 0 Å². The molecule has 0 unspecified atom stereocenters. The van der Waals surface area contributed by atoms with Crippen LogP contribution in [-0.4, -0.2) is 21.5 Å². The minimum absolute atomic E-state index is 0.166. The smallest absolute Gasteiger partial charge is 0.337 e. The second-order valence-electron chi connectivity index (χ2n) is 5.00. The fourth-order valence-electron chi connectivity index (χ4n) is 2.01. The molecule has 6 heteroatoms. The minimum atomic E-state index is -3.70. The van der Waals surface area contributed by atoms with Crippen LogP contribution >= 0.6 is 0 Å². The van der Waals surface area contributed by atoms with Crippen LogP contribution in [0, 0.1) is 13.8 Å². The molecule has 1 N–H and O–H groups in total. The first-order valence-electron chi connectivity index (χ1n) is 6.61. The molecular formula is C16H17NO4S. The van der Waals surface area contributed by atoms with Crippen molar-refractivity contribution < 1.29 is 17.9 Å². The van der Waals surface area contributed by atoms with E-state index in [0.29, 0.717) is 11.3 Å². The fourth-order valence-corrected chi connectivity index (χ4v) is 3.05. The number of aryl methyl sites for hydroxylation is 2. The summed E-state index contributed by atoms with van der Waals surface area (Å²) in [6, 6.07) is 11.3. The number of benzene rings is 2. The molecule has 22 heavy (non-hydrogen) atoms. The Hall–Kier alpha value is -2.34. The van der Waals surface area contributed by atoms with Crippen molar-refractivity contribution in [2.24, 2.45) is 0 Å². The third-order valence-electron chi connectivity index (χ3n) is 3.08. The van der Waals surface area contributed by atoms with E-state index < -0.39 is 16.0 Å². The topological polar surface area (TPSA) is 72.5 Å². The quantitative estimate of drug-likeness (QED) is 0.880. The van der Waals surface area contributed by atoms with Crippen molar-refractivity contribution in [2.45, 2.75) is 18.7 Å². The highest BCUT2D eigenvalue weighted by atomic mass is 32.2. The number of esters is 1. The summed E-state index contributed by atoms with van der Waals surface area (Å²) in [4.78, 5) is 11.8. The number of sulfonamides is 1. The third-order valence-corrected chi connectivity index (χ3v) is 4.48. The molecule has 0 amide bonds. The molecule has 116 valence electrons. The van der Waals surface area contributed by atoms with E-state index in [0.717, 1.165) is 11.1 Å². The van der Waals surface area contributed by atoms with Gasteiger partial charge >= 0.3 is 5.97 Å². The molecular weight excluding hydrogens is 302 g/mol. The Morgan fingerprint density at radius 2 is 1.64 bits per heavy atom. The zero-order chi connectivity index (χ0) is 16.3. The minimum Gasteiger partial charge on any atom is -0.465 e. The van der Waals surface area contributed by atoms with Crippen molar-refractivity contribution in [3.63, 3.8) is 0 Å². The van der Waals surface area contributed by atoms with Crippen molar-refractivity contribution in [1.82, 2.24) is 0 Å². The van der Waals surface area contributed by atoms with Gasteiger partial charge in [0.15, 0.2) is 0 Å². The predicted octanol–water partition coefficient (Wildman–Crippen LogP) is 2.89. The van der Waals surface area contributed by atoms with Crippen LogP contribution in [0.25, 0.3) is 0 Å². The normalized spacial score (nSPS) is 11.0. The summed E-state index contributed by atoms with van der Waals surface area (Å²) in [5, 5.41) is 0. The average Bonchev–Trinajstić information content (AvgIpc) is 2.45. The van der Waals surface area contributed by atoms with E-state index in [1.807, 2.05) is 6.92 Å². The SMILES string of the molecule is COC(=O)c1cc(C)cc(NS(=O)(=O)c2ccc(C)cc2)c1. The van der Waals surface area contributed by atoms with Crippen molar-refractivity contribution in [1.29, 1.82) is 0 Å². The van der Waals surface area contributed by atoms with E-state index >= 15 is 0 Å². The van der Waals surface area contributed by atoms with E-state index in [2.05, 4.69) is 9.46 Å². The predicted molar refractivity (Wildman–Crippen MR) is 84.5 cm³/mol. The summed E-state index contributed by atoms with van der Waals surface area (Å²) >= 11 is 0. The van der Waals surface area contributed by atoms with Gasteiger partial charge < -0.3 is 4.74 Å². The van der Waals surface area contributed by atoms with Gasteiger partial charge in [0.1, 0.15) is 0 Å². The molecule has 2 aromatic carbocycles. The van der Waals surface area contributed by atoms with Gasteiger partial charge in [-0.05, 0) is 49.7 Å². The Bertz CT molecular complexity index is 795. The number of rotatable bonds is 4. The molecule has 0 radical (unpaired) electrons. The Morgan fingerprint density at radius 3 is 2.23 bits per heavy atom. The number of hydrogen-bond acceptors (Lipinski definition) is 4. The average molecular weight is 319 g/mol. The monoisotopic (exact) mass is 319 g/mol. The van der Waals surface area contributed by atoms with Gasteiger partial charge in [-0.25, -0.2) is 13.2 Å². The maximum atomic E-state index is 12.3. The lowest BCUT2D eigenvalue weighted by Crippen LogP contribution is -2.13. The number of hydrogen-bond donors (Lipinski definition) is 1. The van der Waals surface area contributed by atoms with E-state index in [4.69, 9.17) is 0 Å². The van der Waals surface area contributed by atoms with Gasteiger partial charge in [0.05, 0.1) is 17.6 Å². The largest absolute Gasteiger partial charge is 0.465 e. The number of carbonyl (C=O) groups is 1. The maximum absolute atomic E-state index is 12.3. The maximum Gasteiger partial charge on any atom is 0.337 e. The van der Waals surface area contributed by atoms with Crippen molar-refractivity contribution >= 4 is 21.7 Å². The van der Waals surface area contributed by atoms with E-state index in [9.17, 15) is 13.2 Å². The van der Waals surface area contributed by atoms with Gasteiger partial charge in [0, 0.05) is 5.69 Å². The first-order chi connectivity index (χ1) is 10.3. The highest BCUT2D eigenvalue weighted by molar-refractivity contribution is 7.92. The zero-order valence-electron chi connectivity index (χ0n) is 12.6. The molecule has 5 nitrogen and oxygen atoms in total. The molecule has 0 saturated heterocycles. The molecule has 0 aliphatic carbocycles. The Kier molecular flexibility index (Phi) is 4.51. The van der Waals surface area contributed by atoms with E-state index in [1.54, 1.807) is 31.2 Å². The van der Waals surface area contributed by atoms with Crippen LogP contribution in [0.1, 0.15) is 21.5 Å². The third kappa shape index (κ3) is 3.65. The fraction of sp³-hybridized carbons (Fsp3) is 0.188. The number of methoxy groups -OCH3 is 1. The number of anilines is 1. The van der Waals surface area contributed by atoms with Gasteiger partial charge in [0.25, 0.3) is 10.0 Å². The molecule has 2 aromatic rings. The van der Waals surface area contributed by atoms with Crippen molar-refractivity contribution in [2.75, 3.05) is 11.8 Å². The summed E-state index contributed by atoms with van der Waals surface area (Å²) in [6.45, 7) is 3.66. The van der Waals surface area contributed by atoms with E-state index in [-0.39, 0.29) is 4.90 Å².